The number of carbonyl (C=O) groups is 4. The van der Waals surface area contributed by atoms with Gasteiger partial charge in [0.2, 0.25) is 5.91 Å². The highest BCUT2D eigenvalue weighted by molar-refractivity contribution is 6.23. The van der Waals surface area contributed by atoms with Gasteiger partial charge in [-0.3, -0.25) is 29.6 Å². The summed E-state index contributed by atoms with van der Waals surface area (Å²) in [5, 5.41) is 0.950. The second-order valence-corrected chi connectivity index (χ2v) is 7.78. The minimum atomic E-state index is -1.19. The highest BCUT2D eigenvalue weighted by Crippen LogP contribution is 2.27. The summed E-state index contributed by atoms with van der Waals surface area (Å²) in [5.74, 6) is -2.24. The summed E-state index contributed by atoms with van der Waals surface area (Å²) in [5.41, 5.74) is 5.40. The molecule has 4 rings (SSSR count). The summed E-state index contributed by atoms with van der Waals surface area (Å²) in [6.45, 7) is 3.82. The largest absolute Gasteiger partial charge is 0.274 e. The average molecular weight is 442 g/mol. The maximum Gasteiger partial charge on any atom is 0.273 e. The second kappa shape index (κ2) is 9.04. The summed E-state index contributed by atoms with van der Waals surface area (Å²) in [4.78, 5) is 57.3. The van der Waals surface area contributed by atoms with Crippen molar-refractivity contribution in [2.24, 2.45) is 0 Å². The molecule has 1 N–H and O–H groups in total. The van der Waals surface area contributed by atoms with Crippen molar-refractivity contribution in [3.8, 4) is 0 Å². The number of benzene rings is 2. The van der Waals surface area contributed by atoms with Gasteiger partial charge >= 0.3 is 0 Å². The maximum atomic E-state index is 13.4. The first-order valence-electron chi connectivity index (χ1n) is 10.4. The lowest BCUT2D eigenvalue weighted by atomic mass is 10.1. The van der Waals surface area contributed by atoms with Crippen LogP contribution in [0.1, 0.15) is 38.3 Å². The van der Waals surface area contributed by atoms with Crippen LogP contribution < -0.4 is 10.3 Å². The monoisotopic (exact) mass is 442 g/mol. The topological polar surface area (TPSA) is 99.7 Å². The summed E-state index contributed by atoms with van der Waals surface area (Å²) in [6.07, 6.45) is 2.62. The number of aryl methyl sites for hydroxylation is 2. The van der Waals surface area contributed by atoms with Crippen molar-refractivity contribution in [3.05, 3.63) is 95.3 Å². The van der Waals surface area contributed by atoms with E-state index in [1.165, 1.54) is 18.5 Å². The lowest BCUT2D eigenvalue weighted by Gasteiger charge is -2.28. The van der Waals surface area contributed by atoms with E-state index in [4.69, 9.17) is 0 Å². The number of hydrogen-bond acceptors (Lipinski definition) is 5. The Balaban J connectivity index is 1.68. The zero-order valence-electron chi connectivity index (χ0n) is 18.2. The van der Waals surface area contributed by atoms with Crippen molar-refractivity contribution in [2.45, 2.75) is 26.3 Å². The van der Waals surface area contributed by atoms with E-state index in [9.17, 15) is 19.2 Å². The summed E-state index contributed by atoms with van der Waals surface area (Å²) < 4.78 is 0. The molecule has 1 aliphatic heterocycles. The second-order valence-electron chi connectivity index (χ2n) is 7.78. The van der Waals surface area contributed by atoms with E-state index >= 15 is 0 Å². The van der Waals surface area contributed by atoms with Crippen molar-refractivity contribution in [1.82, 2.24) is 15.4 Å². The quantitative estimate of drug-likeness (QED) is 0.495. The van der Waals surface area contributed by atoms with E-state index in [0.29, 0.717) is 5.69 Å². The zero-order chi connectivity index (χ0) is 23.5. The summed E-state index contributed by atoms with van der Waals surface area (Å²) >= 11 is 0. The third kappa shape index (κ3) is 4.36. The molecule has 1 fully saturated rings. The van der Waals surface area contributed by atoms with Gasteiger partial charge in [0.05, 0.1) is 17.7 Å². The van der Waals surface area contributed by atoms with Gasteiger partial charge in [0, 0.05) is 18.0 Å². The van der Waals surface area contributed by atoms with Crippen LogP contribution in [-0.2, 0) is 9.59 Å². The van der Waals surface area contributed by atoms with Crippen LogP contribution in [0.3, 0.4) is 0 Å². The van der Waals surface area contributed by atoms with E-state index in [1.807, 2.05) is 19.9 Å². The van der Waals surface area contributed by atoms with Crippen LogP contribution in [0.2, 0.25) is 0 Å². The van der Waals surface area contributed by atoms with Crippen LogP contribution in [0.15, 0.2) is 73.1 Å². The molecule has 1 aliphatic rings. The molecular weight excluding hydrogens is 420 g/mol. The molecule has 1 atom stereocenters. The number of imide groups is 1. The number of pyridine rings is 1. The molecule has 0 saturated carbocycles. The molecule has 1 saturated heterocycles. The molecule has 0 bridgehead atoms. The minimum absolute atomic E-state index is 0.214. The summed E-state index contributed by atoms with van der Waals surface area (Å²) in [6, 6.07) is 15.5. The molecule has 4 amide bonds. The van der Waals surface area contributed by atoms with Gasteiger partial charge in [0.1, 0.15) is 6.04 Å². The predicted octanol–water partition coefficient (Wildman–Crippen LogP) is 2.82. The molecule has 8 nitrogen and oxygen atoms in total. The molecule has 2 aromatic carbocycles. The van der Waals surface area contributed by atoms with Gasteiger partial charge in [-0.1, -0.05) is 24.3 Å². The Kier molecular flexibility index (Phi) is 5.99. The van der Waals surface area contributed by atoms with Crippen molar-refractivity contribution in [1.29, 1.82) is 0 Å². The molecule has 33 heavy (non-hydrogen) atoms. The molecule has 2 heterocycles. The van der Waals surface area contributed by atoms with Crippen molar-refractivity contribution >= 4 is 29.3 Å². The van der Waals surface area contributed by atoms with Crippen molar-refractivity contribution in [2.75, 3.05) is 4.90 Å². The molecule has 3 aromatic rings. The minimum Gasteiger partial charge on any atom is -0.274 e. The first-order chi connectivity index (χ1) is 15.9. The predicted molar refractivity (Wildman–Crippen MR) is 121 cm³/mol. The van der Waals surface area contributed by atoms with E-state index in [1.54, 1.807) is 48.5 Å². The molecule has 1 unspecified atom stereocenters. The van der Waals surface area contributed by atoms with Crippen LogP contribution in [0, 0.1) is 13.8 Å². The fourth-order valence-corrected chi connectivity index (χ4v) is 3.61. The SMILES string of the molecule is Cc1ccc(N2C(=O)CC(N(NC(=O)c3cccnc3)C(=O)c3ccccc3)C2=O)cc1C. The Hall–Kier alpha value is -4.33. The number of aromatic nitrogens is 1. The molecule has 166 valence electrons. The van der Waals surface area contributed by atoms with Crippen molar-refractivity contribution < 1.29 is 19.2 Å². The lowest BCUT2D eigenvalue weighted by molar-refractivity contribution is -0.122. The number of nitrogens with zero attached hydrogens (tertiary/aromatic N) is 3. The number of hydrazine groups is 1. The summed E-state index contributed by atoms with van der Waals surface area (Å²) in [7, 11) is 0. The molecule has 8 heteroatoms. The van der Waals surface area contributed by atoms with E-state index in [2.05, 4.69) is 10.4 Å². The van der Waals surface area contributed by atoms with Gasteiger partial charge in [-0.05, 0) is 61.4 Å². The molecule has 0 spiro atoms. The Labute approximate surface area is 190 Å². The molecular formula is C25H22N4O4. The highest BCUT2D eigenvalue weighted by atomic mass is 16.2. The third-order valence-corrected chi connectivity index (χ3v) is 5.57. The maximum absolute atomic E-state index is 13.4. The number of carbonyl (C=O) groups excluding carboxylic acids is 4. The van der Waals surface area contributed by atoms with Gasteiger partial charge in [-0.2, -0.15) is 0 Å². The third-order valence-electron chi connectivity index (χ3n) is 5.57. The smallest absolute Gasteiger partial charge is 0.273 e. The number of amides is 4. The zero-order valence-corrected chi connectivity index (χ0v) is 18.2. The van der Waals surface area contributed by atoms with Crippen LogP contribution >= 0.6 is 0 Å². The Bertz CT molecular complexity index is 1230. The fourth-order valence-electron chi connectivity index (χ4n) is 3.61. The Morgan fingerprint density at radius 2 is 1.70 bits per heavy atom. The Morgan fingerprint density at radius 1 is 0.970 bits per heavy atom. The standard InChI is InChI=1S/C25H22N4O4/c1-16-10-11-20(13-17(16)2)28-22(30)14-21(25(28)33)29(24(32)18-7-4-3-5-8-18)27-23(31)19-9-6-12-26-15-19/h3-13,15,21H,14H2,1-2H3,(H,27,31). The van der Waals surface area contributed by atoms with E-state index < -0.39 is 29.7 Å². The van der Waals surface area contributed by atoms with Crippen LogP contribution in [-0.4, -0.2) is 39.7 Å². The normalized spacial score (nSPS) is 15.5. The molecule has 0 radical (unpaired) electrons. The number of rotatable bonds is 4. The first-order valence-corrected chi connectivity index (χ1v) is 10.4. The first kappa shape index (κ1) is 21.9. The fraction of sp³-hybridized carbons (Fsp3) is 0.160. The van der Waals surface area contributed by atoms with Gasteiger partial charge in [0.15, 0.2) is 0 Å². The van der Waals surface area contributed by atoms with Gasteiger partial charge in [0.25, 0.3) is 17.7 Å². The Morgan fingerprint density at radius 3 is 2.36 bits per heavy atom. The van der Waals surface area contributed by atoms with Gasteiger partial charge in [-0.15, -0.1) is 0 Å². The number of anilines is 1. The lowest BCUT2D eigenvalue weighted by Crippen LogP contribution is -2.54. The molecule has 0 aliphatic carbocycles. The van der Waals surface area contributed by atoms with Crippen LogP contribution in [0.4, 0.5) is 5.69 Å². The van der Waals surface area contributed by atoms with Crippen LogP contribution in [0.25, 0.3) is 0 Å². The van der Waals surface area contributed by atoms with Gasteiger partial charge in [-0.25, -0.2) is 9.91 Å². The average Bonchev–Trinajstić information content (AvgIpc) is 3.13. The van der Waals surface area contributed by atoms with Gasteiger partial charge < -0.3 is 0 Å². The van der Waals surface area contributed by atoms with Crippen LogP contribution in [0.5, 0.6) is 0 Å². The van der Waals surface area contributed by atoms with E-state index in [-0.39, 0.29) is 17.5 Å². The number of hydrogen-bond donors (Lipinski definition) is 1. The van der Waals surface area contributed by atoms with Crippen molar-refractivity contribution in [3.63, 3.8) is 0 Å². The highest BCUT2D eigenvalue weighted by Gasteiger charge is 2.45. The van der Waals surface area contributed by atoms with E-state index in [0.717, 1.165) is 21.0 Å². The number of nitrogens with one attached hydrogen (secondary N) is 1. The molecule has 1 aromatic heterocycles.